The summed E-state index contributed by atoms with van der Waals surface area (Å²) in [5.74, 6) is -1.34. The first kappa shape index (κ1) is 18.3. The molecule has 0 heterocycles. The molecule has 1 amide bonds. The number of nitro groups is 2. The Balaban J connectivity index is 2.29. The number of carbonyl (C=O) groups excluding carboxylic acids is 1. The van der Waals surface area contributed by atoms with Crippen molar-refractivity contribution in [2.24, 2.45) is 5.10 Å². The van der Waals surface area contributed by atoms with Crippen LogP contribution in [0.15, 0.2) is 41.5 Å². The Labute approximate surface area is 145 Å². The van der Waals surface area contributed by atoms with E-state index in [1.54, 1.807) is 0 Å². The first-order valence-corrected chi connectivity index (χ1v) is 7.00. The van der Waals surface area contributed by atoms with Crippen LogP contribution in [0.1, 0.15) is 22.8 Å². The first-order valence-electron chi connectivity index (χ1n) is 7.00. The number of hydrogen-bond acceptors (Lipinski definition) is 8. The third-order valence-corrected chi connectivity index (χ3v) is 3.28. The monoisotopic (exact) mass is 360 g/mol. The number of phenols is 2. The van der Waals surface area contributed by atoms with Crippen molar-refractivity contribution in [2.75, 3.05) is 0 Å². The van der Waals surface area contributed by atoms with E-state index in [2.05, 4.69) is 10.5 Å². The topological polar surface area (TPSA) is 168 Å². The van der Waals surface area contributed by atoms with Gasteiger partial charge < -0.3 is 10.2 Å². The van der Waals surface area contributed by atoms with Gasteiger partial charge in [-0.25, -0.2) is 5.43 Å². The average molecular weight is 360 g/mol. The van der Waals surface area contributed by atoms with Crippen molar-refractivity contribution < 1.29 is 24.9 Å². The van der Waals surface area contributed by atoms with E-state index in [1.807, 2.05) is 0 Å². The minimum Gasteiger partial charge on any atom is -0.508 e. The highest BCUT2D eigenvalue weighted by Gasteiger charge is 2.19. The van der Waals surface area contributed by atoms with Crippen molar-refractivity contribution in [3.63, 3.8) is 0 Å². The molecule has 0 aromatic heterocycles. The molecule has 0 aliphatic carbocycles. The Morgan fingerprint density at radius 3 is 2.12 bits per heavy atom. The fourth-order valence-electron chi connectivity index (χ4n) is 2.02. The fraction of sp³-hybridized carbons (Fsp3) is 0.0667. The molecule has 0 saturated heterocycles. The number of nitrogens with zero attached hydrogens (tertiary/aromatic N) is 3. The molecule has 0 radical (unpaired) electrons. The van der Waals surface area contributed by atoms with Gasteiger partial charge in [-0.1, -0.05) is 0 Å². The number of benzene rings is 2. The summed E-state index contributed by atoms with van der Waals surface area (Å²) in [6, 6.07) is 6.25. The van der Waals surface area contributed by atoms with Crippen LogP contribution in [0.25, 0.3) is 0 Å². The maximum absolute atomic E-state index is 12.1. The zero-order valence-electron chi connectivity index (χ0n) is 13.2. The number of non-ortho nitro benzene ring substituents is 2. The summed E-state index contributed by atoms with van der Waals surface area (Å²) >= 11 is 0. The van der Waals surface area contributed by atoms with Gasteiger partial charge in [-0.2, -0.15) is 5.10 Å². The molecule has 0 fully saturated rings. The molecular formula is C15H12N4O7. The van der Waals surface area contributed by atoms with E-state index in [0.717, 1.165) is 24.3 Å². The van der Waals surface area contributed by atoms with Crippen LogP contribution >= 0.6 is 0 Å². The molecule has 0 saturated carbocycles. The van der Waals surface area contributed by atoms with Gasteiger partial charge in [0.1, 0.15) is 11.5 Å². The molecule has 2 aromatic rings. The summed E-state index contributed by atoms with van der Waals surface area (Å²) in [6.07, 6.45) is 0. The summed E-state index contributed by atoms with van der Waals surface area (Å²) in [6.45, 7) is 1.46. The van der Waals surface area contributed by atoms with E-state index in [4.69, 9.17) is 0 Å². The SMILES string of the molecule is CC(=NNC(=O)c1cc([N+](=O)[O-])cc([N+](=O)[O-])c1)c1ccc(O)cc1O. The standard InChI is InChI=1S/C15H12N4O7/c1-8(13-3-2-12(20)7-14(13)21)16-17-15(22)9-4-10(18(23)24)6-11(5-9)19(25)26/h2-7,20-21H,1H3,(H,17,22). The van der Waals surface area contributed by atoms with E-state index in [9.17, 15) is 35.2 Å². The molecule has 26 heavy (non-hydrogen) atoms. The molecule has 0 bridgehead atoms. The van der Waals surface area contributed by atoms with Crippen LogP contribution in [0.3, 0.4) is 0 Å². The fourth-order valence-corrected chi connectivity index (χ4v) is 2.02. The van der Waals surface area contributed by atoms with E-state index < -0.39 is 27.1 Å². The maximum atomic E-state index is 12.1. The number of rotatable bonds is 5. The molecule has 11 heteroatoms. The molecule has 0 aliphatic heterocycles. The zero-order valence-corrected chi connectivity index (χ0v) is 13.2. The molecular weight excluding hydrogens is 348 g/mol. The third kappa shape index (κ3) is 4.08. The summed E-state index contributed by atoms with van der Waals surface area (Å²) < 4.78 is 0. The highest BCUT2D eigenvalue weighted by atomic mass is 16.6. The van der Waals surface area contributed by atoms with Gasteiger partial charge in [-0.05, 0) is 19.1 Å². The molecule has 0 atom stereocenters. The molecule has 134 valence electrons. The molecule has 3 N–H and O–H groups in total. The number of phenolic OH excluding ortho intramolecular Hbond substituents is 2. The molecule has 11 nitrogen and oxygen atoms in total. The lowest BCUT2D eigenvalue weighted by Crippen LogP contribution is -2.19. The average Bonchev–Trinajstić information content (AvgIpc) is 2.58. The van der Waals surface area contributed by atoms with Gasteiger partial charge in [0.25, 0.3) is 17.3 Å². The summed E-state index contributed by atoms with van der Waals surface area (Å²) in [4.78, 5) is 32.1. The summed E-state index contributed by atoms with van der Waals surface area (Å²) in [5, 5.41) is 44.4. The predicted molar refractivity (Wildman–Crippen MR) is 89.2 cm³/mol. The van der Waals surface area contributed by atoms with Gasteiger partial charge in [0.15, 0.2) is 0 Å². The van der Waals surface area contributed by atoms with Crippen molar-refractivity contribution in [1.29, 1.82) is 0 Å². The lowest BCUT2D eigenvalue weighted by Gasteiger charge is -2.06. The Morgan fingerprint density at radius 2 is 1.62 bits per heavy atom. The van der Waals surface area contributed by atoms with Crippen molar-refractivity contribution in [2.45, 2.75) is 6.92 Å². The number of hydrazone groups is 1. The van der Waals surface area contributed by atoms with Crippen molar-refractivity contribution in [1.82, 2.24) is 5.43 Å². The maximum Gasteiger partial charge on any atom is 0.277 e. The number of carbonyl (C=O) groups is 1. The van der Waals surface area contributed by atoms with Gasteiger partial charge >= 0.3 is 0 Å². The van der Waals surface area contributed by atoms with Crippen molar-refractivity contribution in [3.8, 4) is 11.5 Å². The zero-order chi connectivity index (χ0) is 19.4. The van der Waals surface area contributed by atoms with Gasteiger partial charge in [0.2, 0.25) is 0 Å². The number of aromatic hydroxyl groups is 2. The van der Waals surface area contributed by atoms with Crippen LogP contribution in [0, 0.1) is 20.2 Å². The van der Waals surface area contributed by atoms with E-state index in [-0.39, 0.29) is 28.3 Å². The van der Waals surface area contributed by atoms with Crippen LogP contribution in [0.4, 0.5) is 11.4 Å². The van der Waals surface area contributed by atoms with Gasteiger partial charge in [0, 0.05) is 23.8 Å². The Bertz CT molecular complexity index is 907. The highest BCUT2D eigenvalue weighted by molar-refractivity contribution is 6.03. The normalized spacial score (nSPS) is 11.0. The van der Waals surface area contributed by atoms with Gasteiger partial charge in [-0.3, -0.25) is 25.0 Å². The lowest BCUT2D eigenvalue weighted by atomic mass is 10.1. The number of nitrogens with one attached hydrogen (secondary N) is 1. The molecule has 0 spiro atoms. The smallest absolute Gasteiger partial charge is 0.277 e. The second-order valence-electron chi connectivity index (χ2n) is 5.09. The third-order valence-electron chi connectivity index (χ3n) is 3.28. The predicted octanol–water partition coefficient (Wildman–Crippen LogP) is 2.07. The summed E-state index contributed by atoms with van der Waals surface area (Å²) in [7, 11) is 0. The van der Waals surface area contributed by atoms with Gasteiger partial charge in [0.05, 0.1) is 27.2 Å². The second kappa shape index (κ2) is 7.25. The number of nitro benzene ring substituents is 2. The van der Waals surface area contributed by atoms with Crippen LogP contribution in [0.2, 0.25) is 0 Å². The highest BCUT2D eigenvalue weighted by Crippen LogP contribution is 2.24. The molecule has 2 rings (SSSR count). The summed E-state index contributed by atoms with van der Waals surface area (Å²) in [5.41, 5.74) is 0.966. The Hall–Kier alpha value is -4.02. The lowest BCUT2D eigenvalue weighted by molar-refractivity contribution is -0.394. The molecule has 0 unspecified atom stereocenters. The molecule has 2 aromatic carbocycles. The molecule has 0 aliphatic rings. The van der Waals surface area contributed by atoms with E-state index in [0.29, 0.717) is 0 Å². The van der Waals surface area contributed by atoms with Crippen LogP contribution < -0.4 is 5.43 Å². The van der Waals surface area contributed by atoms with E-state index in [1.165, 1.54) is 19.1 Å². The number of hydrogen-bond donors (Lipinski definition) is 3. The largest absolute Gasteiger partial charge is 0.508 e. The Kier molecular flexibility index (Phi) is 5.11. The van der Waals surface area contributed by atoms with Crippen molar-refractivity contribution >= 4 is 23.0 Å². The van der Waals surface area contributed by atoms with Crippen LogP contribution in [-0.2, 0) is 0 Å². The van der Waals surface area contributed by atoms with E-state index >= 15 is 0 Å². The quantitative estimate of drug-likeness (QED) is 0.416. The number of amides is 1. The second-order valence-corrected chi connectivity index (χ2v) is 5.09. The minimum atomic E-state index is -0.908. The van der Waals surface area contributed by atoms with Crippen LogP contribution in [0.5, 0.6) is 11.5 Å². The minimum absolute atomic E-state index is 0.160. The Morgan fingerprint density at radius 1 is 1.04 bits per heavy atom. The van der Waals surface area contributed by atoms with Crippen LogP contribution in [-0.4, -0.2) is 31.7 Å². The first-order chi connectivity index (χ1) is 12.2. The van der Waals surface area contributed by atoms with Gasteiger partial charge in [-0.15, -0.1) is 0 Å². The van der Waals surface area contributed by atoms with Crippen molar-refractivity contribution in [3.05, 3.63) is 67.8 Å².